The molecule has 190 valence electrons. The first-order valence-electron chi connectivity index (χ1n) is 12.0. The Morgan fingerprint density at radius 2 is 1.76 bits per heavy atom. The van der Waals surface area contributed by atoms with Crippen LogP contribution < -0.4 is 10.2 Å². The first-order chi connectivity index (χ1) is 18.0. The maximum absolute atomic E-state index is 15.1. The van der Waals surface area contributed by atoms with Gasteiger partial charge in [0, 0.05) is 18.7 Å². The summed E-state index contributed by atoms with van der Waals surface area (Å²) in [6.45, 7) is 0.443. The topological polar surface area (TPSA) is 89.4 Å². The quantitative estimate of drug-likeness (QED) is 0.394. The summed E-state index contributed by atoms with van der Waals surface area (Å²) in [5, 5.41) is 10.9. The van der Waals surface area contributed by atoms with Gasteiger partial charge in [0.2, 0.25) is 11.8 Å². The van der Waals surface area contributed by atoms with Gasteiger partial charge < -0.3 is 10.1 Å². The SMILES string of the molecule is O=C(NCC1CCCO1)C(c1ccccc1F)N(C(=O)Cn1nnc2ccccc21)c1ccccc1F. The molecule has 8 nitrogen and oxygen atoms in total. The molecule has 4 aromatic rings. The molecule has 2 amide bonds. The van der Waals surface area contributed by atoms with Crippen molar-refractivity contribution in [3.05, 3.63) is 90.0 Å². The minimum Gasteiger partial charge on any atom is -0.376 e. The molecule has 37 heavy (non-hydrogen) atoms. The number of aromatic nitrogens is 3. The minimum atomic E-state index is -1.48. The summed E-state index contributed by atoms with van der Waals surface area (Å²) in [4.78, 5) is 28.5. The van der Waals surface area contributed by atoms with Crippen LogP contribution in [-0.2, 0) is 20.9 Å². The van der Waals surface area contributed by atoms with Crippen LogP contribution in [0.3, 0.4) is 0 Å². The fourth-order valence-electron chi connectivity index (χ4n) is 4.51. The summed E-state index contributed by atoms with van der Waals surface area (Å²) >= 11 is 0. The third-order valence-electron chi connectivity index (χ3n) is 6.32. The number of halogens is 2. The number of amides is 2. The van der Waals surface area contributed by atoms with E-state index in [1.807, 2.05) is 0 Å². The molecule has 0 saturated carbocycles. The standard InChI is InChI=1S/C27H25F2N5O3/c28-20-10-2-1-9-19(20)26(27(36)30-16-18-8-7-15-37-18)34(23-13-5-3-11-21(23)29)25(35)17-33-24-14-6-4-12-22(24)31-32-33/h1-6,9-14,18,26H,7-8,15-17H2,(H,30,36). The van der Waals surface area contributed by atoms with Crippen molar-refractivity contribution in [3.8, 4) is 0 Å². The molecule has 1 fully saturated rings. The molecule has 1 aliphatic rings. The highest BCUT2D eigenvalue weighted by atomic mass is 19.1. The summed E-state index contributed by atoms with van der Waals surface area (Å²) in [5.74, 6) is -2.74. The molecule has 0 bridgehead atoms. The van der Waals surface area contributed by atoms with Gasteiger partial charge in [-0.05, 0) is 43.2 Å². The summed E-state index contributed by atoms with van der Waals surface area (Å²) < 4.78 is 37.2. The van der Waals surface area contributed by atoms with Crippen LogP contribution in [0, 0.1) is 11.6 Å². The number of rotatable bonds is 8. The molecule has 1 aliphatic heterocycles. The van der Waals surface area contributed by atoms with Crippen LogP contribution in [0.15, 0.2) is 72.8 Å². The number of hydrogen-bond acceptors (Lipinski definition) is 5. The summed E-state index contributed by atoms with van der Waals surface area (Å²) in [6, 6.07) is 16.8. The van der Waals surface area contributed by atoms with E-state index >= 15 is 8.78 Å². The molecule has 0 spiro atoms. The lowest BCUT2D eigenvalue weighted by Crippen LogP contribution is -2.47. The Morgan fingerprint density at radius 3 is 2.51 bits per heavy atom. The molecule has 1 N–H and O–H groups in total. The Kier molecular flexibility index (Phi) is 7.18. The normalized spacial score (nSPS) is 16.0. The Hall–Kier alpha value is -4.18. The third-order valence-corrected chi connectivity index (χ3v) is 6.32. The first kappa shape index (κ1) is 24.5. The molecule has 2 heterocycles. The molecule has 10 heteroatoms. The molecular weight excluding hydrogens is 480 g/mol. The average molecular weight is 506 g/mol. The first-order valence-corrected chi connectivity index (χ1v) is 12.0. The zero-order valence-corrected chi connectivity index (χ0v) is 19.9. The second-order valence-corrected chi connectivity index (χ2v) is 8.76. The van der Waals surface area contributed by atoms with Gasteiger partial charge in [-0.2, -0.15) is 0 Å². The molecule has 3 aromatic carbocycles. The van der Waals surface area contributed by atoms with E-state index in [2.05, 4.69) is 15.6 Å². The van der Waals surface area contributed by atoms with Crippen molar-refractivity contribution >= 4 is 28.5 Å². The lowest BCUT2D eigenvalue weighted by molar-refractivity contribution is -0.127. The number of anilines is 1. The maximum atomic E-state index is 15.1. The Bertz CT molecular complexity index is 1420. The number of ether oxygens (including phenoxy) is 1. The maximum Gasteiger partial charge on any atom is 0.249 e. The predicted molar refractivity (Wildman–Crippen MR) is 133 cm³/mol. The van der Waals surface area contributed by atoms with Gasteiger partial charge in [-0.15, -0.1) is 5.10 Å². The average Bonchev–Trinajstić information content (AvgIpc) is 3.57. The van der Waals surface area contributed by atoms with Gasteiger partial charge in [-0.3, -0.25) is 14.5 Å². The molecule has 0 aliphatic carbocycles. The van der Waals surface area contributed by atoms with E-state index in [-0.39, 0.29) is 30.4 Å². The van der Waals surface area contributed by atoms with Gasteiger partial charge >= 0.3 is 0 Å². The van der Waals surface area contributed by atoms with Crippen LogP contribution in [0.5, 0.6) is 0 Å². The zero-order valence-electron chi connectivity index (χ0n) is 19.9. The monoisotopic (exact) mass is 505 g/mol. The highest BCUT2D eigenvalue weighted by Crippen LogP contribution is 2.32. The molecule has 2 atom stereocenters. The van der Waals surface area contributed by atoms with Crippen molar-refractivity contribution in [3.63, 3.8) is 0 Å². The van der Waals surface area contributed by atoms with Gasteiger partial charge in [0.15, 0.2) is 0 Å². The second kappa shape index (κ2) is 10.8. The number of nitrogens with zero attached hydrogens (tertiary/aromatic N) is 4. The van der Waals surface area contributed by atoms with Crippen LogP contribution in [0.2, 0.25) is 0 Å². The smallest absolute Gasteiger partial charge is 0.249 e. The lowest BCUT2D eigenvalue weighted by atomic mass is 10.0. The number of nitrogens with one attached hydrogen (secondary N) is 1. The van der Waals surface area contributed by atoms with Crippen LogP contribution >= 0.6 is 0 Å². The zero-order chi connectivity index (χ0) is 25.8. The van der Waals surface area contributed by atoms with E-state index in [4.69, 9.17) is 4.74 Å². The Labute approximate surface area is 211 Å². The predicted octanol–water partition coefficient (Wildman–Crippen LogP) is 3.78. The fourth-order valence-corrected chi connectivity index (χ4v) is 4.51. The van der Waals surface area contributed by atoms with Gasteiger partial charge in [0.1, 0.15) is 29.7 Å². The number of fused-ring (bicyclic) bond motifs is 1. The molecular formula is C27H25F2N5O3. The number of carbonyl (C=O) groups excluding carboxylic acids is 2. The summed E-state index contributed by atoms with van der Waals surface area (Å²) in [7, 11) is 0. The van der Waals surface area contributed by atoms with Crippen molar-refractivity contribution in [2.24, 2.45) is 0 Å². The number of hydrogen-bond donors (Lipinski definition) is 1. The van der Waals surface area contributed by atoms with Gasteiger partial charge in [-0.25, -0.2) is 13.5 Å². The van der Waals surface area contributed by atoms with E-state index in [1.165, 1.54) is 41.1 Å². The van der Waals surface area contributed by atoms with Crippen molar-refractivity contribution < 1.29 is 23.1 Å². The van der Waals surface area contributed by atoms with E-state index in [1.54, 1.807) is 36.4 Å². The largest absolute Gasteiger partial charge is 0.376 e. The number of benzene rings is 3. The van der Waals surface area contributed by atoms with Crippen LogP contribution in [0.4, 0.5) is 14.5 Å². The Morgan fingerprint density at radius 1 is 1.03 bits per heavy atom. The van der Waals surface area contributed by atoms with Gasteiger partial charge in [-0.1, -0.05) is 47.7 Å². The number of carbonyl (C=O) groups is 2. The van der Waals surface area contributed by atoms with Gasteiger partial charge in [0.25, 0.3) is 0 Å². The van der Waals surface area contributed by atoms with Crippen molar-refractivity contribution in [2.45, 2.75) is 31.5 Å². The minimum absolute atomic E-state index is 0.0626. The molecule has 5 rings (SSSR count). The lowest BCUT2D eigenvalue weighted by Gasteiger charge is -2.32. The van der Waals surface area contributed by atoms with Gasteiger partial charge in [0.05, 0.1) is 17.3 Å². The van der Waals surface area contributed by atoms with E-state index in [9.17, 15) is 9.59 Å². The fraction of sp³-hybridized carbons (Fsp3) is 0.259. The molecule has 0 radical (unpaired) electrons. The van der Waals surface area contributed by atoms with E-state index < -0.39 is 29.5 Å². The highest BCUT2D eigenvalue weighted by molar-refractivity contribution is 6.01. The third kappa shape index (κ3) is 5.19. The molecule has 1 aromatic heterocycles. The highest BCUT2D eigenvalue weighted by Gasteiger charge is 2.36. The van der Waals surface area contributed by atoms with Crippen molar-refractivity contribution in [1.82, 2.24) is 20.3 Å². The van der Waals surface area contributed by atoms with Crippen LogP contribution in [0.1, 0.15) is 24.4 Å². The van der Waals surface area contributed by atoms with E-state index in [0.29, 0.717) is 17.6 Å². The van der Waals surface area contributed by atoms with Crippen LogP contribution in [-0.4, -0.2) is 46.1 Å². The Balaban J connectivity index is 1.56. The van der Waals surface area contributed by atoms with Crippen LogP contribution in [0.25, 0.3) is 11.0 Å². The second-order valence-electron chi connectivity index (χ2n) is 8.76. The van der Waals surface area contributed by atoms with Crippen molar-refractivity contribution in [1.29, 1.82) is 0 Å². The summed E-state index contributed by atoms with van der Waals surface area (Å²) in [6.07, 6.45) is 1.48. The summed E-state index contributed by atoms with van der Waals surface area (Å²) in [5.41, 5.74) is 0.951. The van der Waals surface area contributed by atoms with E-state index in [0.717, 1.165) is 17.7 Å². The number of para-hydroxylation sites is 2. The molecule has 2 unspecified atom stereocenters. The van der Waals surface area contributed by atoms with Crippen molar-refractivity contribution in [2.75, 3.05) is 18.1 Å². The molecule has 1 saturated heterocycles.